The molecule has 2 nitrogen and oxygen atoms in total. The quantitative estimate of drug-likeness (QED) is 0.676. The summed E-state index contributed by atoms with van der Waals surface area (Å²) >= 11 is 0. The van der Waals surface area contributed by atoms with Gasteiger partial charge in [0, 0.05) is 19.1 Å². The molecule has 1 atom stereocenters. The van der Waals surface area contributed by atoms with Gasteiger partial charge in [-0.2, -0.15) is 0 Å². The Bertz CT molecular complexity index is 161. The fraction of sp³-hybridized carbons (Fsp3) is 1.00. The number of rotatable bonds is 6. The van der Waals surface area contributed by atoms with Crippen molar-refractivity contribution in [2.24, 2.45) is 5.92 Å². The average Bonchev–Trinajstić information content (AvgIpc) is 2.88. The standard InChI is InChI=1S/C11H21NO/c1-9(13)6-7-12(11-4-5-11)8-10-2-3-10/h9-11,13H,2-8H2,1H3. The highest BCUT2D eigenvalue weighted by Crippen LogP contribution is 2.34. The van der Waals surface area contributed by atoms with Gasteiger partial charge in [0.05, 0.1) is 6.10 Å². The lowest BCUT2D eigenvalue weighted by Crippen LogP contribution is -2.31. The number of aliphatic hydroxyl groups is 1. The van der Waals surface area contributed by atoms with E-state index >= 15 is 0 Å². The summed E-state index contributed by atoms with van der Waals surface area (Å²) in [6, 6.07) is 0.874. The van der Waals surface area contributed by atoms with E-state index in [2.05, 4.69) is 4.90 Å². The smallest absolute Gasteiger partial charge is 0.0524 e. The van der Waals surface area contributed by atoms with Gasteiger partial charge in [-0.15, -0.1) is 0 Å². The maximum absolute atomic E-state index is 9.23. The first-order valence-corrected chi connectivity index (χ1v) is 5.68. The Labute approximate surface area is 80.9 Å². The van der Waals surface area contributed by atoms with E-state index in [0.717, 1.165) is 24.9 Å². The zero-order chi connectivity index (χ0) is 9.26. The van der Waals surface area contributed by atoms with Crippen molar-refractivity contribution in [1.29, 1.82) is 0 Å². The predicted octanol–water partition coefficient (Wildman–Crippen LogP) is 1.63. The first kappa shape index (κ1) is 9.47. The Morgan fingerprint density at radius 2 is 2.00 bits per heavy atom. The molecule has 2 rings (SSSR count). The van der Waals surface area contributed by atoms with Crippen LogP contribution in [-0.4, -0.2) is 35.2 Å². The van der Waals surface area contributed by atoms with Crippen LogP contribution in [0, 0.1) is 5.92 Å². The molecule has 2 aliphatic carbocycles. The lowest BCUT2D eigenvalue weighted by Gasteiger charge is -2.22. The van der Waals surface area contributed by atoms with Crippen molar-refractivity contribution in [3.05, 3.63) is 0 Å². The molecule has 0 aromatic carbocycles. The van der Waals surface area contributed by atoms with Crippen molar-refractivity contribution in [3.63, 3.8) is 0 Å². The van der Waals surface area contributed by atoms with Crippen LogP contribution in [0.15, 0.2) is 0 Å². The van der Waals surface area contributed by atoms with Crippen LogP contribution < -0.4 is 0 Å². The van der Waals surface area contributed by atoms with Crippen LogP contribution in [0.5, 0.6) is 0 Å². The highest BCUT2D eigenvalue weighted by atomic mass is 16.3. The van der Waals surface area contributed by atoms with Gasteiger partial charge in [0.15, 0.2) is 0 Å². The van der Waals surface area contributed by atoms with E-state index in [1.54, 1.807) is 0 Å². The third kappa shape index (κ3) is 3.28. The molecule has 0 bridgehead atoms. The zero-order valence-corrected chi connectivity index (χ0v) is 8.58. The van der Waals surface area contributed by atoms with Crippen LogP contribution in [0.25, 0.3) is 0 Å². The van der Waals surface area contributed by atoms with Crippen molar-refractivity contribution in [3.8, 4) is 0 Å². The summed E-state index contributed by atoms with van der Waals surface area (Å²) in [7, 11) is 0. The van der Waals surface area contributed by atoms with E-state index in [1.165, 1.54) is 32.2 Å². The third-order valence-corrected chi connectivity index (χ3v) is 3.09. The van der Waals surface area contributed by atoms with Crippen LogP contribution in [0.3, 0.4) is 0 Å². The Hall–Kier alpha value is -0.0800. The number of nitrogens with zero attached hydrogens (tertiary/aromatic N) is 1. The number of hydrogen-bond acceptors (Lipinski definition) is 2. The van der Waals surface area contributed by atoms with E-state index < -0.39 is 0 Å². The summed E-state index contributed by atoms with van der Waals surface area (Å²) in [4.78, 5) is 2.60. The van der Waals surface area contributed by atoms with Gasteiger partial charge in [-0.25, -0.2) is 0 Å². The molecular formula is C11H21NO. The maximum Gasteiger partial charge on any atom is 0.0524 e. The first-order valence-electron chi connectivity index (χ1n) is 5.68. The van der Waals surface area contributed by atoms with Gasteiger partial charge in [-0.05, 0) is 44.9 Å². The lowest BCUT2D eigenvalue weighted by atomic mass is 10.2. The molecule has 0 aromatic heterocycles. The monoisotopic (exact) mass is 183 g/mol. The summed E-state index contributed by atoms with van der Waals surface area (Å²) < 4.78 is 0. The van der Waals surface area contributed by atoms with Gasteiger partial charge in [0.25, 0.3) is 0 Å². The Kier molecular flexibility index (Phi) is 2.89. The summed E-state index contributed by atoms with van der Waals surface area (Å²) in [5, 5.41) is 9.23. The normalized spacial score (nSPS) is 25.2. The molecule has 76 valence electrons. The summed E-state index contributed by atoms with van der Waals surface area (Å²) in [6.45, 7) is 4.30. The van der Waals surface area contributed by atoms with Crippen LogP contribution >= 0.6 is 0 Å². The Morgan fingerprint density at radius 3 is 2.46 bits per heavy atom. The Balaban J connectivity index is 1.68. The molecule has 1 unspecified atom stereocenters. The lowest BCUT2D eigenvalue weighted by molar-refractivity contribution is 0.150. The second-order valence-corrected chi connectivity index (χ2v) is 4.81. The van der Waals surface area contributed by atoms with Gasteiger partial charge >= 0.3 is 0 Å². The highest BCUT2D eigenvalue weighted by Gasteiger charge is 2.33. The molecule has 2 heteroatoms. The molecule has 2 saturated carbocycles. The number of hydrogen-bond donors (Lipinski definition) is 1. The average molecular weight is 183 g/mol. The molecule has 1 N–H and O–H groups in total. The minimum atomic E-state index is -0.125. The second kappa shape index (κ2) is 3.97. The van der Waals surface area contributed by atoms with Crippen molar-refractivity contribution >= 4 is 0 Å². The summed E-state index contributed by atoms with van der Waals surface area (Å²) in [5.41, 5.74) is 0. The van der Waals surface area contributed by atoms with Gasteiger partial charge in [0.1, 0.15) is 0 Å². The maximum atomic E-state index is 9.23. The topological polar surface area (TPSA) is 23.5 Å². The van der Waals surface area contributed by atoms with Gasteiger partial charge in [0.2, 0.25) is 0 Å². The Morgan fingerprint density at radius 1 is 1.31 bits per heavy atom. The largest absolute Gasteiger partial charge is 0.393 e. The van der Waals surface area contributed by atoms with Crippen molar-refractivity contribution in [2.45, 2.75) is 51.2 Å². The molecule has 0 amide bonds. The van der Waals surface area contributed by atoms with Crippen LogP contribution in [0.2, 0.25) is 0 Å². The molecule has 2 aliphatic rings. The van der Waals surface area contributed by atoms with Crippen molar-refractivity contribution < 1.29 is 5.11 Å². The van der Waals surface area contributed by atoms with Gasteiger partial charge in [-0.1, -0.05) is 0 Å². The molecule has 0 saturated heterocycles. The van der Waals surface area contributed by atoms with Crippen molar-refractivity contribution in [1.82, 2.24) is 4.90 Å². The molecule has 13 heavy (non-hydrogen) atoms. The molecule has 0 aliphatic heterocycles. The van der Waals surface area contributed by atoms with E-state index in [9.17, 15) is 5.11 Å². The fourth-order valence-electron chi connectivity index (χ4n) is 1.85. The van der Waals surface area contributed by atoms with E-state index in [4.69, 9.17) is 0 Å². The van der Waals surface area contributed by atoms with Gasteiger partial charge < -0.3 is 10.0 Å². The van der Waals surface area contributed by atoms with Gasteiger partial charge in [-0.3, -0.25) is 0 Å². The molecule has 0 radical (unpaired) electrons. The minimum absolute atomic E-state index is 0.125. The fourth-order valence-corrected chi connectivity index (χ4v) is 1.85. The highest BCUT2D eigenvalue weighted by molar-refractivity contribution is 4.88. The molecule has 0 heterocycles. The first-order chi connectivity index (χ1) is 6.25. The number of aliphatic hydroxyl groups excluding tert-OH is 1. The molecule has 0 aromatic rings. The molecule has 0 spiro atoms. The van der Waals surface area contributed by atoms with Crippen LogP contribution in [0.1, 0.15) is 39.0 Å². The zero-order valence-electron chi connectivity index (χ0n) is 8.58. The third-order valence-electron chi connectivity index (χ3n) is 3.09. The van der Waals surface area contributed by atoms with Crippen LogP contribution in [-0.2, 0) is 0 Å². The minimum Gasteiger partial charge on any atom is -0.393 e. The van der Waals surface area contributed by atoms with E-state index in [-0.39, 0.29) is 6.10 Å². The SMILES string of the molecule is CC(O)CCN(CC1CC1)C1CC1. The van der Waals surface area contributed by atoms with Crippen LogP contribution in [0.4, 0.5) is 0 Å². The molecule has 2 fully saturated rings. The summed E-state index contributed by atoms with van der Waals surface area (Å²) in [6.07, 6.45) is 6.50. The molecular weight excluding hydrogens is 162 g/mol. The second-order valence-electron chi connectivity index (χ2n) is 4.81. The van der Waals surface area contributed by atoms with E-state index in [1.807, 2.05) is 6.92 Å². The summed E-state index contributed by atoms with van der Waals surface area (Å²) in [5.74, 6) is 0.995. The van der Waals surface area contributed by atoms with E-state index in [0.29, 0.717) is 0 Å². The predicted molar refractivity (Wildman–Crippen MR) is 53.6 cm³/mol. The van der Waals surface area contributed by atoms with Crippen molar-refractivity contribution in [2.75, 3.05) is 13.1 Å².